The van der Waals surface area contributed by atoms with Crippen molar-refractivity contribution in [2.45, 2.75) is 6.55 Å². The van der Waals surface area contributed by atoms with Crippen LogP contribution >= 0.6 is 0 Å². The molecule has 6 heteroatoms. The molecule has 0 fully saturated rings. The molecule has 1 aromatic carbocycles. The molecule has 4 nitrogen and oxygen atoms in total. The van der Waals surface area contributed by atoms with Gasteiger partial charge in [0, 0.05) is 5.39 Å². The number of amides is 1. The van der Waals surface area contributed by atoms with E-state index in [1.54, 1.807) is 12.1 Å². The molecule has 0 bridgehead atoms. The number of rotatable bonds is 2. The van der Waals surface area contributed by atoms with Gasteiger partial charge in [0.1, 0.15) is 0 Å². The summed E-state index contributed by atoms with van der Waals surface area (Å²) in [7, 11) is 0. The highest BCUT2D eigenvalue weighted by molar-refractivity contribution is 6.04. The van der Waals surface area contributed by atoms with E-state index in [-0.39, 0.29) is 11.2 Å². The van der Waals surface area contributed by atoms with Crippen LogP contribution < -0.4 is 5.73 Å². The molecule has 1 heterocycles. The summed E-state index contributed by atoms with van der Waals surface area (Å²) in [4.78, 5) is 11.0. The fourth-order valence-corrected chi connectivity index (χ4v) is 1.42. The van der Waals surface area contributed by atoms with Gasteiger partial charge in [0.25, 0.3) is 5.91 Å². The fraction of sp³-hybridized carbons (Fsp3) is 0.111. The number of halogens is 2. The predicted molar refractivity (Wildman–Crippen MR) is 49.5 cm³/mol. The second-order valence-electron chi connectivity index (χ2n) is 2.95. The SMILES string of the molecule is NC(=O)c1nn(C(F)F)c2ccccc12. The minimum absolute atomic E-state index is 0.133. The molecule has 0 unspecified atom stereocenters. The maximum absolute atomic E-state index is 12.5. The van der Waals surface area contributed by atoms with E-state index in [0.29, 0.717) is 10.1 Å². The predicted octanol–water partition coefficient (Wildman–Crippen LogP) is 1.53. The first kappa shape index (κ1) is 9.57. The highest BCUT2D eigenvalue weighted by atomic mass is 19.3. The van der Waals surface area contributed by atoms with E-state index in [4.69, 9.17) is 5.73 Å². The molecule has 2 N–H and O–H groups in total. The normalized spacial score (nSPS) is 11.1. The van der Waals surface area contributed by atoms with E-state index in [2.05, 4.69) is 5.10 Å². The van der Waals surface area contributed by atoms with Crippen LogP contribution in [-0.2, 0) is 0 Å². The average Bonchev–Trinajstić information content (AvgIpc) is 2.56. The van der Waals surface area contributed by atoms with Crippen molar-refractivity contribution in [2.75, 3.05) is 0 Å². The van der Waals surface area contributed by atoms with E-state index in [9.17, 15) is 13.6 Å². The number of para-hydroxylation sites is 1. The Morgan fingerprint density at radius 3 is 2.67 bits per heavy atom. The van der Waals surface area contributed by atoms with E-state index in [1.807, 2.05) is 0 Å². The molecule has 0 aliphatic rings. The van der Waals surface area contributed by atoms with E-state index in [1.165, 1.54) is 12.1 Å². The lowest BCUT2D eigenvalue weighted by molar-refractivity contribution is 0.0609. The monoisotopic (exact) mass is 211 g/mol. The van der Waals surface area contributed by atoms with Gasteiger partial charge in [-0.05, 0) is 6.07 Å². The molecule has 0 spiro atoms. The number of carbonyl (C=O) groups excluding carboxylic acids is 1. The van der Waals surface area contributed by atoms with Crippen molar-refractivity contribution < 1.29 is 13.6 Å². The number of hydrogen-bond acceptors (Lipinski definition) is 2. The first-order valence-electron chi connectivity index (χ1n) is 4.16. The topological polar surface area (TPSA) is 60.9 Å². The molecule has 0 aliphatic heterocycles. The number of hydrogen-bond donors (Lipinski definition) is 1. The molecule has 1 amide bonds. The summed E-state index contributed by atoms with van der Waals surface area (Å²) in [6, 6.07) is 6.21. The van der Waals surface area contributed by atoms with Crippen LogP contribution in [0.5, 0.6) is 0 Å². The Morgan fingerprint density at radius 2 is 2.07 bits per heavy atom. The van der Waals surface area contributed by atoms with Gasteiger partial charge in [0.2, 0.25) is 0 Å². The largest absolute Gasteiger partial charge is 0.364 e. The zero-order chi connectivity index (χ0) is 11.0. The Bertz CT molecular complexity index is 521. The number of fused-ring (bicyclic) bond motifs is 1. The maximum Gasteiger partial charge on any atom is 0.333 e. The second-order valence-corrected chi connectivity index (χ2v) is 2.95. The van der Waals surface area contributed by atoms with Crippen molar-refractivity contribution in [3.05, 3.63) is 30.0 Å². The van der Waals surface area contributed by atoms with Gasteiger partial charge in [-0.15, -0.1) is 0 Å². The van der Waals surface area contributed by atoms with Crippen molar-refractivity contribution >= 4 is 16.8 Å². The highest BCUT2D eigenvalue weighted by Crippen LogP contribution is 2.22. The quantitative estimate of drug-likeness (QED) is 0.818. The lowest BCUT2D eigenvalue weighted by Gasteiger charge is -1.98. The van der Waals surface area contributed by atoms with Crippen LogP contribution in [0.15, 0.2) is 24.3 Å². The van der Waals surface area contributed by atoms with Gasteiger partial charge in [-0.25, -0.2) is 4.68 Å². The lowest BCUT2D eigenvalue weighted by Crippen LogP contribution is -2.13. The molecule has 2 rings (SSSR count). The summed E-state index contributed by atoms with van der Waals surface area (Å²) < 4.78 is 25.5. The molecule has 0 aliphatic carbocycles. The Balaban J connectivity index is 2.79. The highest BCUT2D eigenvalue weighted by Gasteiger charge is 2.18. The van der Waals surface area contributed by atoms with Gasteiger partial charge in [-0.1, -0.05) is 18.2 Å². The zero-order valence-corrected chi connectivity index (χ0v) is 7.52. The molecule has 0 saturated carbocycles. The minimum Gasteiger partial charge on any atom is -0.364 e. The Morgan fingerprint density at radius 1 is 1.40 bits per heavy atom. The second kappa shape index (κ2) is 3.30. The standard InChI is InChI=1S/C9H7F2N3O/c10-9(11)14-6-4-2-1-3-5(6)7(13-14)8(12)15/h1-4,9H,(H2,12,15). The summed E-state index contributed by atoms with van der Waals surface area (Å²) in [6.07, 6.45) is 0. The summed E-state index contributed by atoms with van der Waals surface area (Å²) >= 11 is 0. The molecule has 0 saturated heterocycles. The van der Waals surface area contributed by atoms with Crippen LogP contribution in [0, 0.1) is 0 Å². The van der Waals surface area contributed by atoms with Crippen LogP contribution in [0.1, 0.15) is 17.0 Å². The number of nitrogens with zero attached hydrogens (tertiary/aromatic N) is 2. The van der Waals surface area contributed by atoms with Gasteiger partial charge >= 0.3 is 6.55 Å². The molecule has 78 valence electrons. The zero-order valence-electron chi connectivity index (χ0n) is 7.52. The van der Waals surface area contributed by atoms with E-state index >= 15 is 0 Å². The van der Waals surface area contributed by atoms with Crippen LogP contribution in [0.2, 0.25) is 0 Å². The van der Waals surface area contributed by atoms with E-state index in [0.717, 1.165) is 0 Å². The first-order chi connectivity index (χ1) is 7.11. The van der Waals surface area contributed by atoms with Crippen molar-refractivity contribution in [3.8, 4) is 0 Å². The minimum atomic E-state index is -2.79. The van der Waals surface area contributed by atoms with Gasteiger partial charge in [0.15, 0.2) is 5.69 Å². The molecule has 1 aromatic heterocycles. The van der Waals surface area contributed by atoms with Crippen LogP contribution in [-0.4, -0.2) is 15.7 Å². The Hall–Kier alpha value is -1.98. The third kappa shape index (κ3) is 1.43. The van der Waals surface area contributed by atoms with Crippen molar-refractivity contribution in [1.29, 1.82) is 0 Å². The molecular weight excluding hydrogens is 204 g/mol. The van der Waals surface area contributed by atoms with Crippen molar-refractivity contribution in [2.24, 2.45) is 5.73 Å². The van der Waals surface area contributed by atoms with Crippen LogP contribution in [0.25, 0.3) is 10.9 Å². The third-order valence-electron chi connectivity index (χ3n) is 2.03. The van der Waals surface area contributed by atoms with Gasteiger partial charge in [-0.2, -0.15) is 13.9 Å². The Kier molecular flexibility index (Phi) is 2.11. The summed E-state index contributed by atoms with van der Waals surface area (Å²) in [5.74, 6) is -0.814. The smallest absolute Gasteiger partial charge is 0.333 e. The van der Waals surface area contributed by atoms with Gasteiger partial charge in [-0.3, -0.25) is 4.79 Å². The maximum atomic E-state index is 12.5. The number of alkyl halides is 2. The third-order valence-corrected chi connectivity index (χ3v) is 2.03. The first-order valence-corrected chi connectivity index (χ1v) is 4.16. The number of primary amides is 1. The molecule has 2 aromatic rings. The number of benzene rings is 1. The molecule has 0 atom stereocenters. The van der Waals surface area contributed by atoms with Crippen LogP contribution in [0.4, 0.5) is 8.78 Å². The van der Waals surface area contributed by atoms with Crippen molar-refractivity contribution in [3.63, 3.8) is 0 Å². The number of aromatic nitrogens is 2. The number of nitrogens with two attached hydrogens (primary N) is 1. The van der Waals surface area contributed by atoms with Crippen LogP contribution in [0.3, 0.4) is 0 Å². The summed E-state index contributed by atoms with van der Waals surface area (Å²) in [5, 5.41) is 3.82. The van der Waals surface area contributed by atoms with Crippen molar-refractivity contribution in [1.82, 2.24) is 9.78 Å². The Labute approximate surface area is 83.3 Å². The van der Waals surface area contributed by atoms with Gasteiger partial charge < -0.3 is 5.73 Å². The lowest BCUT2D eigenvalue weighted by atomic mass is 10.2. The molecule has 15 heavy (non-hydrogen) atoms. The summed E-state index contributed by atoms with van der Waals surface area (Å²) in [6.45, 7) is -2.79. The molecular formula is C9H7F2N3O. The average molecular weight is 211 g/mol. The van der Waals surface area contributed by atoms with Gasteiger partial charge in [0.05, 0.1) is 5.52 Å². The number of carbonyl (C=O) groups is 1. The van der Waals surface area contributed by atoms with E-state index < -0.39 is 12.5 Å². The summed E-state index contributed by atoms with van der Waals surface area (Å²) in [5.41, 5.74) is 5.10. The fourth-order valence-electron chi connectivity index (χ4n) is 1.42. The molecule has 0 radical (unpaired) electrons.